The van der Waals surface area contributed by atoms with Crippen molar-refractivity contribution in [3.05, 3.63) is 36.2 Å². The first-order chi connectivity index (χ1) is 12.8. The lowest BCUT2D eigenvalue weighted by atomic mass is 10.1. The van der Waals surface area contributed by atoms with Gasteiger partial charge in [0.25, 0.3) is 0 Å². The zero-order valence-electron chi connectivity index (χ0n) is 15.1. The number of thioether (sulfide) groups is 1. The molecule has 1 aliphatic heterocycles. The van der Waals surface area contributed by atoms with Crippen molar-refractivity contribution < 1.29 is 4.79 Å². The molecule has 0 bridgehead atoms. The first kappa shape index (κ1) is 17.6. The highest BCUT2D eigenvalue weighted by Gasteiger charge is 2.30. The number of carbonyl (C=O) groups is 1. The number of aromatic nitrogens is 3. The third kappa shape index (κ3) is 4.29. The number of hydrogen-bond acceptors (Lipinski definition) is 4. The Hall–Kier alpha value is -1.82. The zero-order valence-corrected chi connectivity index (χ0v) is 16.0. The summed E-state index contributed by atoms with van der Waals surface area (Å²) in [5.74, 6) is 2.21. The molecule has 1 saturated heterocycles. The molecule has 2 fully saturated rings. The standard InChI is InChI=1S/C20H26N4OS/c25-18(23-13-7-2-1-3-8-14-23)15-26-20-21-19(16-11-12-16)24(22-20)17-9-5-4-6-10-17/h4-6,9-10,16H,1-3,7-8,11-15H2. The zero-order chi connectivity index (χ0) is 17.8. The molecule has 0 spiro atoms. The second kappa shape index (κ2) is 8.25. The molecule has 2 aliphatic rings. The number of rotatable bonds is 5. The summed E-state index contributed by atoms with van der Waals surface area (Å²) in [6.45, 7) is 1.80. The van der Waals surface area contributed by atoms with Gasteiger partial charge < -0.3 is 4.90 Å². The lowest BCUT2D eigenvalue weighted by molar-refractivity contribution is -0.128. The molecule has 1 aromatic heterocycles. The van der Waals surface area contributed by atoms with Gasteiger partial charge in [0.05, 0.1) is 11.4 Å². The van der Waals surface area contributed by atoms with Gasteiger partial charge in [-0.1, -0.05) is 49.2 Å². The van der Waals surface area contributed by atoms with E-state index in [1.807, 2.05) is 27.8 Å². The van der Waals surface area contributed by atoms with Gasteiger partial charge >= 0.3 is 0 Å². The Morgan fingerprint density at radius 2 is 1.73 bits per heavy atom. The van der Waals surface area contributed by atoms with Gasteiger partial charge in [0, 0.05) is 19.0 Å². The Morgan fingerprint density at radius 1 is 1.04 bits per heavy atom. The van der Waals surface area contributed by atoms with Crippen molar-refractivity contribution in [2.75, 3.05) is 18.8 Å². The summed E-state index contributed by atoms with van der Waals surface area (Å²) in [4.78, 5) is 19.4. The summed E-state index contributed by atoms with van der Waals surface area (Å²) in [7, 11) is 0. The molecular weight excluding hydrogens is 344 g/mol. The van der Waals surface area contributed by atoms with Gasteiger partial charge in [-0.25, -0.2) is 9.67 Å². The van der Waals surface area contributed by atoms with E-state index in [1.54, 1.807) is 0 Å². The molecule has 5 nitrogen and oxygen atoms in total. The van der Waals surface area contributed by atoms with E-state index in [0.29, 0.717) is 11.7 Å². The maximum absolute atomic E-state index is 12.6. The van der Waals surface area contributed by atoms with E-state index in [-0.39, 0.29) is 5.91 Å². The second-order valence-electron chi connectivity index (χ2n) is 7.21. The molecule has 138 valence electrons. The highest BCUT2D eigenvalue weighted by Crippen LogP contribution is 2.40. The molecule has 0 radical (unpaired) electrons. The van der Waals surface area contributed by atoms with Crippen molar-refractivity contribution in [3.8, 4) is 5.69 Å². The first-order valence-corrected chi connectivity index (χ1v) is 10.7. The van der Waals surface area contributed by atoms with E-state index in [4.69, 9.17) is 10.1 Å². The average molecular weight is 371 g/mol. The minimum atomic E-state index is 0.223. The van der Waals surface area contributed by atoms with Crippen LogP contribution in [0.2, 0.25) is 0 Å². The number of hydrogen-bond donors (Lipinski definition) is 0. The van der Waals surface area contributed by atoms with Crippen LogP contribution in [-0.4, -0.2) is 44.4 Å². The van der Waals surface area contributed by atoms with Crippen LogP contribution in [0.1, 0.15) is 56.7 Å². The van der Waals surface area contributed by atoms with Crippen molar-refractivity contribution in [2.45, 2.75) is 56.0 Å². The van der Waals surface area contributed by atoms with E-state index in [2.05, 4.69) is 12.1 Å². The summed E-state index contributed by atoms with van der Waals surface area (Å²) >= 11 is 1.47. The molecule has 6 heteroatoms. The molecule has 0 unspecified atom stereocenters. The van der Waals surface area contributed by atoms with Crippen LogP contribution in [-0.2, 0) is 4.79 Å². The Kier molecular flexibility index (Phi) is 5.58. The third-order valence-electron chi connectivity index (χ3n) is 5.09. The molecule has 1 saturated carbocycles. The van der Waals surface area contributed by atoms with Gasteiger partial charge in [-0.15, -0.1) is 5.10 Å². The van der Waals surface area contributed by atoms with Gasteiger partial charge in [0.2, 0.25) is 11.1 Å². The van der Waals surface area contributed by atoms with Crippen LogP contribution in [0.25, 0.3) is 5.69 Å². The van der Waals surface area contributed by atoms with E-state index in [9.17, 15) is 4.79 Å². The van der Waals surface area contributed by atoms with E-state index >= 15 is 0 Å². The van der Waals surface area contributed by atoms with Crippen LogP contribution >= 0.6 is 11.8 Å². The largest absolute Gasteiger partial charge is 0.342 e. The van der Waals surface area contributed by atoms with Crippen LogP contribution < -0.4 is 0 Å². The van der Waals surface area contributed by atoms with Crippen LogP contribution in [0.15, 0.2) is 35.5 Å². The van der Waals surface area contributed by atoms with Gasteiger partial charge in [-0.3, -0.25) is 4.79 Å². The topological polar surface area (TPSA) is 51.0 Å². The fourth-order valence-corrected chi connectivity index (χ4v) is 4.18. The SMILES string of the molecule is O=C(CSc1nc(C2CC2)n(-c2ccccc2)n1)N1CCCCCCC1. The van der Waals surface area contributed by atoms with Crippen LogP contribution in [0, 0.1) is 0 Å². The number of carbonyl (C=O) groups excluding carboxylic acids is 1. The minimum absolute atomic E-state index is 0.223. The van der Waals surface area contributed by atoms with Crippen molar-refractivity contribution in [1.29, 1.82) is 0 Å². The smallest absolute Gasteiger partial charge is 0.233 e. The van der Waals surface area contributed by atoms with E-state index in [1.165, 1.54) is 43.9 Å². The third-order valence-corrected chi connectivity index (χ3v) is 5.91. The van der Waals surface area contributed by atoms with Gasteiger partial charge in [0.15, 0.2) is 0 Å². The monoisotopic (exact) mass is 370 g/mol. The van der Waals surface area contributed by atoms with E-state index in [0.717, 1.165) is 42.6 Å². The normalized spacial score (nSPS) is 18.4. The van der Waals surface area contributed by atoms with Crippen LogP contribution in [0.5, 0.6) is 0 Å². The highest BCUT2D eigenvalue weighted by atomic mass is 32.2. The molecule has 2 aromatic rings. The molecule has 1 amide bonds. The first-order valence-electron chi connectivity index (χ1n) is 9.74. The molecule has 4 rings (SSSR count). The molecule has 0 atom stereocenters. The number of amides is 1. The molecule has 0 N–H and O–H groups in total. The molecule has 1 aliphatic carbocycles. The molecule has 26 heavy (non-hydrogen) atoms. The summed E-state index contributed by atoms with van der Waals surface area (Å²) in [5.41, 5.74) is 1.05. The number of nitrogens with zero attached hydrogens (tertiary/aromatic N) is 4. The summed E-state index contributed by atoms with van der Waals surface area (Å²) in [6, 6.07) is 10.2. The maximum atomic E-state index is 12.6. The van der Waals surface area contributed by atoms with Crippen LogP contribution in [0.3, 0.4) is 0 Å². The lowest BCUT2D eigenvalue weighted by Gasteiger charge is -2.24. The predicted octanol–water partition coefficient (Wildman–Crippen LogP) is 4.03. The second-order valence-corrected chi connectivity index (χ2v) is 8.15. The minimum Gasteiger partial charge on any atom is -0.342 e. The Labute approximate surface area is 159 Å². The number of benzene rings is 1. The van der Waals surface area contributed by atoms with Crippen molar-refractivity contribution >= 4 is 17.7 Å². The Balaban J connectivity index is 1.42. The summed E-state index contributed by atoms with van der Waals surface area (Å²) in [6.07, 6.45) is 8.41. The maximum Gasteiger partial charge on any atom is 0.233 e. The van der Waals surface area contributed by atoms with Crippen molar-refractivity contribution in [1.82, 2.24) is 19.7 Å². The fourth-order valence-electron chi connectivity index (χ4n) is 3.45. The van der Waals surface area contributed by atoms with Gasteiger partial charge in [0.1, 0.15) is 5.82 Å². The van der Waals surface area contributed by atoms with Crippen LogP contribution in [0.4, 0.5) is 0 Å². The lowest BCUT2D eigenvalue weighted by Crippen LogP contribution is -2.35. The number of likely N-dealkylation sites (tertiary alicyclic amines) is 1. The average Bonchev–Trinajstić information content (AvgIpc) is 3.40. The van der Waals surface area contributed by atoms with Gasteiger partial charge in [-0.05, 0) is 37.8 Å². The van der Waals surface area contributed by atoms with Gasteiger partial charge in [-0.2, -0.15) is 0 Å². The highest BCUT2D eigenvalue weighted by molar-refractivity contribution is 7.99. The molecule has 2 heterocycles. The Bertz CT molecular complexity index is 734. The summed E-state index contributed by atoms with van der Waals surface area (Å²) in [5, 5.41) is 5.41. The molecule has 1 aromatic carbocycles. The Morgan fingerprint density at radius 3 is 2.42 bits per heavy atom. The summed E-state index contributed by atoms with van der Waals surface area (Å²) < 4.78 is 1.96. The number of para-hydroxylation sites is 1. The fraction of sp³-hybridized carbons (Fsp3) is 0.550. The molecular formula is C20H26N4OS. The van der Waals surface area contributed by atoms with Crippen molar-refractivity contribution in [2.24, 2.45) is 0 Å². The van der Waals surface area contributed by atoms with Crippen molar-refractivity contribution in [3.63, 3.8) is 0 Å². The predicted molar refractivity (Wildman–Crippen MR) is 104 cm³/mol. The van der Waals surface area contributed by atoms with E-state index < -0.39 is 0 Å². The quantitative estimate of drug-likeness (QED) is 0.746.